The third kappa shape index (κ3) is 2.43. The fourth-order valence-electron chi connectivity index (χ4n) is 2.27. The van der Waals surface area contributed by atoms with Gasteiger partial charge in [-0.05, 0) is 12.1 Å². The highest BCUT2D eigenvalue weighted by Crippen LogP contribution is 2.26. The van der Waals surface area contributed by atoms with E-state index in [1.54, 1.807) is 0 Å². The molecular formula is C13H14F2N2O3. The van der Waals surface area contributed by atoms with Crippen molar-refractivity contribution in [3.05, 3.63) is 29.6 Å². The highest BCUT2D eigenvalue weighted by molar-refractivity contribution is 5.98. The van der Waals surface area contributed by atoms with Gasteiger partial charge in [0.2, 0.25) is 5.91 Å². The number of amides is 2. The Morgan fingerprint density at radius 3 is 2.75 bits per heavy atom. The van der Waals surface area contributed by atoms with Crippen LogP contribution in [-0.4, -0.2) is 42.6 Å². The SMILES string of the molecule is COc1cccc(C(=O)N2C[C@H](F)C[C@H]2C(N)=O)c1F. The quantitative estimate of drug-likeness (QED) is 0.895. The number of nitrogens with zero attached hydrogens (tertiary/aromatic N) is 1. The van der Waals surface area contributed by atoms with Gasteiger partial charge in [-0.3, -0.25) is 9.59 Å². The van der Waals surface area contributed by atoms with Crippen LogP contribution in [0.3, 0.4) is 0 Å². The van der Waals surface area contributed by atoms with Gasteiger partial charge in [0.1, 0.15) is 12.2 Å². The second-order valence-electron chi connectivity index (χ2n) is 4.53. The molecule has 1 saturated heterocycles. The maximum Gasteiger partial charge on any atom is 0.257 e. The third-order valence-corrected chi connectivity index (χ3v) is 3.25. The Balaban J connectivity index is 2.34. The summed E-state index contributed by atoms with van der Waals surface area (Å²) < 4.78 is 32.2. The number of nitrogens with two attached hydrogens (primary N) is 1. The molecule has 7 heteroatoms. The number of rotatable bonds is 3. The minimum absolute atomic E-state index is 0.0949. The lowest BCUT2D eigenvalue weighted by molar-refractivity contribution is -0.121. The number of carbonyl (C=O) groups excluding carboxylic acids is 2. The summed E-state index contributed by atoms with van der Waals surface area (Å²) in [5, 5.41) is 0. The van der Waals surface area contributed by atoms with E-state index in [-0.39, 0.29) is 24.3 Å². The monoisotopic (exact) mass is 284 g/mol. The molecule has 1 heterocycles. The summed E-state index contributed by atoms with van der Waals surface area (Å²) in [6.45, 7) is -0.275. The van der Waals surface area contributed by atoms with Crippen molar-refractivity contribution in [2.75, 3.05) is 13.7 Å². The van der Waals surface area contributed by atoms with Crippen LogP contribution in [0.5, 0.6) is 5.75 Å². The van der Waals surface area contributed by atoms with Crippen molar-refractivity contribution in [1.82, 2.24) is 4.90 Å². The minimum Gasteiger partial charge on any atom is -0.494 e. The number of primary amides is 1. The van der Waals surface area contributed by atoms with E-state index in [0.29, 0.717) is 0 Å². The van der Waals surface area contributed by atoms with Crippen molar-refractivity contribution >= 4 is 11.8 Å². The zero-order valence-electron chi connectivity index (χ0n) is 10.8. The van der Waals surface area contributed by atoms with E-state index >= 15 is 0 Å². The van der Waals surface area contributed by atoms with E-state index in [1.807, 2.05) is 0 Å². The molecule has 1 aromatic rings. The van der Waals surface area contributed by atoms with Crippen molar-refractivity contribution in [1.29, 1.82) is 0 Å². The molecular weight excluding hydrogens is 270 g/mol. The number of benzene rings is 1. The molecule has 20 heavy (non-hydrogen) atoms. The molecule has 0 unspecified atom stereocenters. The van der Waals surface area contributed by atoms with Crippen LogP contribution in [0.15, 0.2) is 18.2 Å². The van der Waals surface area contributed by atoms with Crippen molar-refractivity contribution in [2.24, 2.45) is 5.73 Å². The molecule has 2 atom stereocenters. The molecule has 0 aliphatic carbocycles. The van der Waals surface area contributed by atoms with Crippen LogP contribution in [0.2, 0.25) is 0 Å². The average molecular weight is 284 g/mol. The lowest BCUT2D eigenvalue weighted by Gasteiger charge is -2.22. The van der Waals surface area contributed by atoms with Crippen LogP contribution in [-0.2, 0) is 4.79 Å². The highest BCUT2D eigenvalue weighted by atomic mass is 19.1. The maximum absolute atomic E-state index is 14.0. The standard InChI is InChI=1S/C13H14F2N2O3/c1-20-10-4-2-3-8(11(10)15)13(19)17-6-7(14)5-9(17)12(16)18/h2-4,7,9H,5-6H2,1H3,(H2,16,18)/t7-,9+/m1/s1. The summed E-state index contributed by atoms with van der Waals surface area (Å²) >= 11 is 0. The first-order chi connectivity index (χ1) is 9.45. The average Bonchev–Trinajstić information content (AvgIpc) is 2.80. The molecule has 0 spiro atoms. The van der Waals surface area contributed by atoms with Crippen LogP contribution in [0.1, 0.15) is 16.8 Å². The molecule has 108 valence electrons. The molecule has 0 bridgehead atoms. The number of likely N-dealkylation sites (tertiary alicyclic amines) is 1. The summed E-state index contributed by atoms with van der Waals surface area (Å²) in [5.41, 5.74) is 4.87. The van der Waals surface area contributed by atoms with Crippen LogP contribution >= 0.6 is 0 Å². The summed E-state index contributed by atoms with van der Waals surface area (Å²) in [4.78, 5) is 24.5. The van der Waals surface area contributed by atoms with E-state index in [0.717, 1.165) is 4.90 Å². The van der Waals surface area contributed by atoms with E-state index in [1.165, 1.54) is 25.3 Å². The fraction of sp³-hybridized carbons (Fsp3) is 0.385. The lowest BCUT2D eigenvalue weighted by atomic mass is 10.1. The van der Waals surface area contributed by atoms with Gasteiger partial charge in [0, 0.05) is 6.42 Å². The van der Waals surface area contributed by atoms with Crippen LogP contribution < -0.4 is 10.5 Å². The number of hydrogen-bond acceptors (Lipinski definition) is 3. The van der Waals surface area contributed by atoms with Gasteiger partial charge in [-0.15, -0.1) is 0 Å². The lowest BCUT2D eigenvalue weighted by Crippen LogP contribution is -2.44. The van der Waals surface area contributed by atoms with Crippen molar-refractivity contribution in [3.8, 4) is 5.75 Å². The van der Waals surface area contributed by atoms with Crippen molar-refractivity contribution in [2.45, 2.75) is 18.6 Å². The van der Waals surface area contributed by atoms with Crippen LogP contribution in [0.25, 0.3) is 0 Å². The number of halogens is 2. The van der Waals surface area contributed by atoms with Crippen molar-refractivity contribution < 1.29 is 23.1 Å². The van der Waals surface area contributed by atoms with E-state index in [2.05, 4.69) is 0 Å². The van der Waals surface area contributed by atoms with Crippen molar-refractivity contribution in [3.63, 3.8) is 0 Å². The van der Waals surface area contributed by atoms with Gasteiger partial charge in [0.15, 0.2) is 11.6 Å². The number of alkyl halides is 1. The molecule has 5 nitrogen and oxygen atoms in total. The second-order valence-corrected chi connectivity index (χ2v) is 4.53. The Kier molecular flexibility index (Phi) is 3.87. The Labute approximate surface area is 114 Å². The summed E-state index contributed by atoms with van der Waals surface area (Å²) in [7, 11) is 1.27. The minimum atomic E-state index is -1.34. The Morgan fingerprint density at radius 2 is 2.15 bits per heavy atom. The first kappa shape index (κ1) is 14.2. The van der Waals surface area contributed by atoms with E-state index < -0.39 is 29.8 Å². The van der Waals surface area contributed by atoms with Gasteiger partial charge in [-0.1, -0.05) is 6.07 Å². The van der Waals surface area contributed by atoms with E-state index in [9.17, 15) is 18.4 Å². The summed E-state index contributed by atoms with van der Waals surface area (Å²) in [6.07, 6.45) is -1.50. The molecule has 1 aromatic carbocycles. The normalized spacial score (nSPS) is 21.9. The Hall–Kier alpha value is -2.18. The zero-order chi connectivity index (χ0) is 14.9. The summed E-state index contributed by atoms with van der Waals surface area (Å²) in [5.74, 6) is -2.51. The molecule has 2 amide bonds. The largest absolute Gasteiger partial charge is 0.494 e. The molecule has 0 saturated carbocycles. The Morgan fingerprint density at radius 1 is 1.45 bits per heavy atom. The number of hydrogen-bond donors (Lipinski definition) is 1. The van der Waals surface area contributed by atoms with Crippen LogP contribution in [0, 0.1) is 5.82 Å². The maximum atomic E-state index is 14.0. The molecule has 2 rings (SSSR count). The number of carbonyl (C=O) groups is 2. The molecule has 0 radical (unpaired) electrons. The smallest absolute Gasteiger partial charge is 0.257 e. The second kappa shape index (κ2) is 5.44. The number of ether oxygens (including phenoxy) is 1. The Bertz CT molecular complexity index is 550. The predicted molar refractivity (Wildman–Crippen MR) is 66.5 cm³/mol. The van der Waals surface area contributed by atoms with Gasteiger partial charge in [-0.25, -0.2) is 8.78 Å². The molecule has 1 aliphatic rings. The van der Waals surface area contributed by atoms with Gasteiger partial charge < -0.3 is 15.4 Å². The molecule has 0 aromatic heterocycles. The fourth-order valence-corrected chi connectivity index (χ4v) is 2.27. The van der Waals surface area contributed by atoms with Gasteiger partial charge in [-0.2, -0.15) is 0 Å². The first-order valence-corrected chi connectivity index (χ1v) is 6.02. The summed E-state index contributed by atoms with van der Waals surface area (Å²) in [6, 6.07) is 3.00. The van der Waals surface area contributed by atoms with Gasteiger partial charge in [0.25, 0.3) is 5.91 Å². The molecule has 2 N–H and O–H groups in total. The first-order valence-electron chi connectivity index (χ1n) is 6.02. The topological polar surface area (TPSA) is 72.6 Å². The highest BCUT2D eigenvalue weighted by Gasteiger charge is 2.39. The van der Waals surface area contributed by atoms with Gasteiger partial charge >= 0.3 is 0 Å². The van der Waals surface area contributed by atoms with Gasteiger partial charge in [0.05, 0.1) is 19.2 Å². The predicted octanol–water partition coefficient (Wildman–Crippen LogP) is 0.872. The molecule has 1 fully saturated rings. The molecule has 1 aliphatic heterocycles. The zero-order valence-corrected chi connectivity index (χ0v) is 10.8. The number of methoxy groups -OCH3 is 1. The third-order valence-electron chi connectivity index (χ3n) is 3.25. The van der Waals surface area contributed by atoms with E-state index in [4.69, 9.17) is 10.5 Å². The van der Waals surface area contributed by atoms with Crippen LogP contribution in [0.4, 0.5) is 8.78 Å².